The SMILES string of the molecule is C=C1CC(C(=O)OC)C(C(=O)OC)=CC2=C1CC(C)(C)C2. The van der Waals surface area contributed by atoms with Crippen LogP contribution in [0.5, 0.6) is 0 Å². The predicted molar refractivity (Wildman–Crippen MR) is 79.4 cm³/mol. The van der Waals surface area contributed by atoms with E-state index in [9.17, 15) is 9.59 Å². The number of carbonyl (C=O) groups is 2. The summed E-state index contributed by atoms with van der Waals surface area (Å²) >= 11 is 0. The highest BCUT2D eigenvalue weighted by molar-refractivity contribution is 5.96. The first-order valence-corrected chi connectivity index (χ1v) is 7.07. The molecule has 0 aliphatic heterocycles. The van der Waals surface area contributed by atoms with Gasteiger partial charge in [0.2, 0.25) is 0 Å². The van der Waals surface area contributed by atoms with Crippen molar-refractivity contribution in [3.05, 3.63) is 34.9 Å². The molecule has 4 heteroatoms. The third-order valence-corrected chi connectivity index (χ3v) is 4.20. The number of carbonyl (C=O) groups excluding carboxylic acids is 2. The Labute approximate surface area is 125 Å². The van der Waals surface area contributed by atoms with E-state index >= 15 is 0 Å². The zero-order chi connectivity index (χ0) is 15.8. The van der Waals surface area contributed by atoms with Crippen LogP contribution in [0.1, 0.15) is 33.1 Å². The molecule has 0 radical (unpaired) electrons. The van der Waals surface area contributed by atoms with Gasteiger partial charge in [0, 0.05) is 0 Å². The van der Waals surface area contributed by atoms with Crippen LogP contribution in [0.25, 0.3) is 0 Å². The van der Waals surface area contributed by atoms with Gasteiger partial charge in [-0.05, 0) is 41.9 Å². The second-order valence-electron chi connectivity index (χ2n) is 6.50. The van der Waals surface area contributed by atoms with Crippen LogP contribution in [0.4, 0.5) is 0 Å². The maximum Gasteiger partial charge on any atom is 0.334 e. The average molecular weight is 290 g/mol. The fraction of sp³-hybridized carbons (Fsp3) is 0.529. The summed E-state index contributed by atoms with van der Waals surface area (Å²) in [4.78, 5) is 24.1. The van der Waals surface area contributed by atoms with Crippen molar-refractivity contribution in [2.75, 3.05) is 14.2 Å². The molecule has 4 nitrogen and oxygen atoms in total. The van der Waals surface area contributed by atoms with Gasteiger partial charge in [-0.15, -0.1) is 0 Å². The molecular weight excluding hydrogens is 268 g/mol. The second kappa shape index (κ2) is 5.51. The zero-order valence-corrected chi connectivity index (χ0v) is 13.1. The molecule has 0 amide bonds. The number of ether oxygens (including phenoxy) is 2. The average Bonchev–Trinajstić information content (AvgIpc) is 2.68. The van der Waals surface area contributed by atoms with Crippen molar-refractivity contribution in [3.8, 4) is 0 Å². The van der Waals surface area contributed by atoms with Crippen molar-refractivity contribution in [1.29, 1.82) is 0 Å². The molecular formula is C17H22O4. The summed E-state index contributed by atoms with van der Waals surface area (Å²) in [7, 11) is 2.65. The summed E-state index contributed by atoms with van der Waals surface area (Å²) in [5, 5.41) is 0. The summed E-state index contributed by atoms with van der Waals surface area (Å²) in [5.74, 6) is -1.53. The van der Waals surface area contributed by atoms with Crippen molar-refractivity contribution in [2.24, 2.45) is 11.3 Å². The van der Waals surface area contributed by atoms with Gasteiger partial charge in [-0.2, -0.15) is 0 Å². The highest BCUT2D eigenvalue weighted by Gasteiger charge is 2.38. The zero-order valence-electron chi connectivity index (χ0n) is 13.1. The molecule has 0 aromatic heterocycles. The van der Waals surface area contributed by atoms with Gasteiger partial charge < -0.3 is 9.47 Å². The minimum atomic E-state index is -0.635. The molecule has 2 rings (SSSR count). The number of hydrogen-bond acceptors (Lipinski definition) is 4. The lowest BCUT2D eigenvalue weighted by Crippen LogP contribution is -2.24. The predicted octanol–water partition coefficient (Wildman–Crippen LogP) is 2.95. The lowest BCUT2D eigenvalue weighted by Gasteiger charge is -2.21. The third kappa shape index (κ3) is 2.94. The summed E-state index contributed by atoms with van der Waals surface area (Å²) in [6.45, 7) is 8.50. The molecule has 0 spiro atoms. The lowest BCUT2D eigenvalue weighted by atomic mass is 9.84. The first kappa shape index (κ1) is 15.5. The van der Waals surface area contributed by atoms with Crippen molar-refractivity contribution in [2.45, 2.75) is 33.1 Å². The minimum Gasteiger partial charge on any atom is -0.469 e. The Kier molecular flexibility index (Phi) is 4.08. The maximum absolute atomic E-state index is 12.1. The number of methoxy groups -OCH3 is 2. The van der Waals surface area contributed by atoms with Crippen molar-refractivity contribution < 1.29 is 19.1 Å². The number of allylic oxidation sites excluding steroid dienone is 4. The molecule has 0 saturated carbocycles. The number of rotatable bonds is 2. The first-order chi connectivity index (χ1) is 9.79. The molecule has 0 aromatic rings. The Balaban J connectivity index is 2.47. The van der Waals surface area contributed by atoms with Crippen LogP contribution < -0.4 is 0 Å². The topological polar surface area (TPSA) is 52.6 Å². The Morgan fingerprint density at radius 2 is 1.90 bits per heavy atom. The highest BCUT2D eigenvalue weighted by atomic mass is 16.5. The Morgan fingerprint density at radius 1 is 1.24 bits per heavy atom. The van der Waals surface area contributed by atoms with Crippen molar-refractivity contribution in [3.63, 3.8) is 0 Å². The van der Waals surface area contributed by atoms with E-state index in [1.165, 1.54) is 19.8 Å². The molecule has 0 heterocycles. The van der Waals surface area contributed by atoms with Gasteiger partial charge in [0.25, 0.3) is 0 Å². The quantitative estimate of drug-likeness (QED) is 0.734. The Bertz CT molecular complexity index is 563. The smallest absolute Gasteiger partial charge is 0.334 e. The van der Waals surface area contributed by atoms with Crippen molar-refractivity contribution in [1.82, 2.24) is 0 Å². The normalized spacial score (nSPS) is 24.1. The fourth-order valence-electron chi connectivity index (χ4n) is 3.21. The van der Waals surface area contributed by atoms with Crippen LogP contribution in [0.3, 0.4) is 0 Å². The lowest BCUT2D eigenvalue weighted by molar-refractivity contribution is -0.147. The molecule has 21 heavy (non-hydrogen) atoms. The van der Waals surface area contributed by atoms with Gasteiger partial charge in [-0.25, -0.2) is 4.79 Å². The van der Waals surface area contributed by atoms with E-state index in [-0.39, 0.29) is 5.41 Å². The third-order valence-electron chi connectivity index (χ3n) is 4.20. The van der Waals surface area contributed by atoms with Crippen LogP contribution in [-0.4, -0.2) is 26.2 Å². The molecule has 2 aliphatic carbocycles. The van der Waals surface area contributed by atoms with E-state index in [1.54, 1.807) is 0 Å². The molecule has 114 valence electrons. The largest absolute Gasteiger partial charge is 0.469 e. The Hall–Kier alpha value is -1.84. The molecule has 0 bridgehead atoms. The highest BCUT2D eigenvalue weighted by Crippen LogP contribution is 2.48. The van der Waals surface area contributed by atoms with Crippen LogP contribution in [-0.2, 0) is 19.1 Å². The van der Waals surface area contributed by atoms with E-state index < -0.39 is 17.9 Å². The van der Waals surface area contributed by atoms with Crippen LogP contribution in [0, 0.1) is 11.3 Å². The molecule has 1 unspecified atom stereocenters. The van der Waals surface area contributed by atoms with Gasteiger partial charge in [0.05, 0.1) is 25.7 Å². The van der Waals surface area contributed by atoms with Gasteiger partial charge in [0.15, 0.2) is 0 Å². The molecule has 0 aromatic carbocycles. The summed E-state index contributed by atoms with van der Waals surface area (Å²) in [5.41, 5.74) is 3.71. The molecule has 2 aliphatic rings. The minimum absolute atomic E-state index is 0.156. The summed E-state index contributed by atoms with van der Waals surface area (Å²) < 4.78 is 9.67. The van der Waals surface area contributed by atoms with Gasteiger partial charge >= 0.3 is 11.9 Å². The van der Waals surface area contributed by atoms with Crippen LogP contribution in [0.15, 0.2) is 34.9 Å². The van der Waals surface area contributed by atoms with E-state index in [4.69, 9.17) is 9.47 Å². The van der Waals surface area contributed by atoms with Crippen molar-refractivity contribution >= 4 is 11.9 Å². The van der Waals surface area contributed by atoms with Crippen LogP contribution in [0.2, 0.25) is 0 Å². The van der Waals surface area contributed by atoms with Gasteiger partial charge in [-0.3, -0.25) is 4.79 Å². The molecule has 0 N–H and O–H groups in total. The maximum atomic E-state index is 12.1. The monoisotopic (exact) mass is 290 g/mol. The van der Waals surface area contributed by atoms with Crippen LogP contribution >= 0.6 is 0 Å². The van der Waals surface area contributed by atoms with Gasteiger partial charge in [0.1, 0.15) is 0 Å². The standard InChI is InChI=1S/C17H22O4/c1-10-6-12(15(18)20-4)13(16(19)21-5)7-11-8-17(2,3)9-14(10)11/h7,12H,1,6,8-9H2,2-5H3. The fourth-order valence-corrected chi connectivity index (χ4v) is 3.21. The number of esters is 2. The summed E-state index contributed by atoms with van der Waals surface area (Å²) in [6.07, 6.45) is 4.01. The second-order valence-corrected chi connectivity index (χ2v) is 6.50. The summed E-state index contributed by atoms with van der Waals surface area (Å²) in [6, 6.07) is 0. The van der Waals surface area contributed by atoms with E-state index in [1.807, 2.05) is 6.08 Å². The molecule has 0 saturated heterocycles. The van der Waals surface area contributed by atoms with Gasteiger partial charge in [-0.1, -0.05) is 26.0 Å². The van der Waals surface area contributed by atoms with E-state index in [2.05, 4.69) is 20.4 Å². The number of hydrogen-bond donors (Lipinski definition) is 0. The molecule has 0 fully saturated rings. The molecule has 1 atom stereocenters. The first-order valence-electron chi connectivity index (χ1n) is 7.07. The van der Waals surface area contributed by atoms with E-state index in [0.29, 0.717) is 12.0 Å². The Morgan fingerprint density at radius 3 is 2.48 bits per heavy atom. The van der Waals surface area contributed by atoms with E-state index in [0.717, 1.165) is 24.0 Å².